The average molecular weight is 611 g/mol. The molecular weight excluding hydrogens is 544 g/mol. The van der Waals surface area contributed by atoms with E-state index in [2.05, 4.69) is 38.3 Å². The summed E-state index contributed by atoms with van der Waals surface area (Å²) in [6.07, 6.45) is 16.6. The van der Waals surface area contributed by atoms with Gasteiger partial charge in [-0.3, -0.25) is 14.4 Å². The number of amides is 2. The first-order chi connectivity index (χ1) is 20.2. The average Bonchev–Trinajstić information content (AvgIpc) is 2.91. The molecule has 252 valence electrons. The zero-order valence-corrected chi connectivity index (χ0v) is 29.0. The van der Waals surface area contributed by atoms with Gasteiger partial charge in [0.1, 0.15) is 6.10 Å². The summed E-state index contributed by atoms with van der Waals surface area (Å²) in [6.45, 7) is 17.4. The Morgan fingerprint density at radius 1 is 0.814 bits per heavy atom. The molecule has 0 aromatic rings. The molecule has 2 amide bonds. The summed E-state index contributed by atoms with van der Waals surface area (Å²) >= 11 is 0. The van der Waals surface area contributed by atoms with E-state index in [9.17, 15) is 14.4 Å². The maximum absolute atomic E-state index is 13.0. The summed E-state index contributed by atoms with van der Waals surface area (Å²) in [6, 6.07) is 0. The highest BCUT2D eigenvalue weighted by Crippen LogP contribution is 2.35. The molecule has 8 nitrogen and oxygen atoms in total. The Bertz CT molecular complexity index is 805. The third kappa shape index (κ3) is 17.4. The molecule has 1 heterocycles. The summed E-state index contributed by atoms with van der Waals surface area (Å²) in [5, 5.41) is 5.84. The summed E-state index contributed by atoms with van der Waals surface area (Å²) < 4.78 is 16.8. The Morgan fingerprint density at radius 3 is 1.93 bits per heavy atom. The number of esters is 1. The maximum Gasteiger partial charge on any atom is 0.307 e. The van der Waals surface area contributed by atoms with Crippen LogP contribution in [0.2, 0.25) is 0 Å². The Labute approximate surface area is 263 Å². The van der Waals surface area contributed by atoms with E-state index in [4.69, 9.17) is 14.2 Å². The summed E-state index contributed by atoms with van der Waals surface area (Å²) in [5.74, 6) is -1.40. The van der Waals surface area contributed by atoms with Crippen molar-refractivity contribution in [3.8, 4) is 0 Å². The van der Waals surface area contributed by atoms with Crippen LogP contribution in [0.15, 0.2) is 0 Å². The molecule has 0 aliphatic carbocycles. The van der Waals surface area contributed by atoms with Crippen molar-refractivity contribution in [3.05, 3.63) is 0 Å². The molecule has 0 bridgehead atoms. The highest BCUT2D eigenvalue weighted by Gasteiger charge is 2.45. The van der Waals surface area contributed by atoms with Gasteiger partial charge in [0, 0.05) is 24.4 Å². The van der Waals surface area contributed by atoms with Crippen LogP contribution in [0.5, 0.6) is 0 Å². The van der Waals surface area contributed by atoms with Crippen molar-refractivity contribution >= 4 is 17.8 Å². The lowest BCUT2D eigenvalue weighted by molar-refractivity contribution is -0.304. The van der Waals surface area contributed by atoms with Crippen LogP contribution in [0.1, 0.15) is 152 Å². The van der Waals surface area contributed by atoms with Crippen molar-refractivity contribution in [2.45, 2.75) is 164 Å². The molecule has 0 radical (unpaired) electrons. The standard InChI is InChI=1S/C35H66N2O6/c1-9-10-11-12-13-14-15-16-17-18-19-20-22-28(33(2,3)4)31(39)36-24-21-26-41-29(38)23-25-37-32(40)30-34(5,6)27-42-35(7,8)43-30/h28,30H,9-27H2,1-8H3,(H,36,39)(H,37,40). The van der Waals surface area contributed by atoms with Gasteiger partial charge in [0.25, 0.3) is 0 Å². The highest BCUT2D eigenvalue weighted by atomic mass is 16.7. The van der Waals surface area contributed by atoms with Gasteiger partial charge in [0.2, 0.25) is 11.8 Å². The van der Waals surface area contributed by atoms with E-state index in [1.54, 1.807) is 13.8 Å². The Hall–Kier alpha value is -1.67. The van der Waals surface area contributed by atoms with Gasteiger partial charge in [-0.25, -0.2) is 0 Å². The van der Waals surface area contributed by atoms with Gasteiger partial charge < -0.3 is 24.8 Å². The molecule has 2 atom stereocenters. The minimum atomic E-state index is -0.828. The number of ether oxygens (including phenoxy) is 3. The minimum absolute atomic E-state index is 0.0305. The highest BCUT2D eigenvalue weighted by molar-refractivity contribution is 5.82. The maximum atomic E-state index is 13.0. The van der Waals surface area contributed by atoms with Gasteiger partial charge >= 0.3 is 5.97 Å². The van der Waals surface area contributed by atoms with Crippen LogP contribution in [0, 0.1) is 16.7 Å². The topological polar surface area (TPSA) is 103 Å². The van der Waals surface area contributed by atoms with Crippen molar-refractivity contribution in [1.82, 2.24) is 10.6 Å². The first kappa shape index (κ1) is 39.4. The molecule has 1 saturated heterocycles. The number of nitrogens with one attached hydrogen (secondary N) is 2. The van der Waals surface area contributed by atoms with Gasteiger partial charge in [-0.1, -0.05) is 119 Å². The van der Waals surface area contributed by atoms with Gasteiger partial charge in [0.05, 0.1) is 19.6 Å². The van der Waals surface area contributed by atoms with Gasteiger partial charge in [-0.05, 0) is 32.1 Å². The summed E-state index contributed by atoms with van der Waals surface area (Å²) in [5.41, 5.74) is -0.567. The van der Waals surface area contributed by atoms with Gasteiger partial charge in [0.15, 0.2) is 5.79 Å². The molecule has 0 spiro atoms. The third-order valence-electron chi connectivity index (χ3n) is 8.36. The van der Waals surface area contributed by atoms with Crippen molar-refractivity contribution in [2.24, 2.45) is 16.7 Å². The van der Waals surface area contributed by atoms with Crippen LogP contribution in [0.3, 0.4) is 0 Å². The van der Waals surface area contributed by atoms with E-state index in [0.29, 0.717) is 19.6 Å². The zero-order chi connectivity index (χ0) is 32.4. The number of carbonyl (C=O) groups is 3. The van der Waals surface area contributed by atoms with Crippen molar-refractivity contribution in [1.29, 1.82) is 0 Å². The molecule has 0 saturated carbocycles. The first-order valence-electron chi connectivity index (χ1n) is 17.2. The molecular formula is C35H66N2O6. The largest absolute Gasteiger partial charge is 0.466 e. The summed E-state index contributed by atoms with van der Waals surface area (Å²) in [7, 11) is 0. The van der Waals surface area contributed by atoms with E-state index >= 15 is 0 Å². The fourth-order valence-corrected chi connectivity index (χ4v) is 5.51. The van der Waals surface area contributed by atoms with Crippen molar-refractivity contribution in [2.75, 3.05) is 26.3 Å². The van der Waals surface area contributed by atoms with Gasteiger partial charge in [-0.15, -0.1) is 0 Å². The normalized spacial score (nSPS) is 18.6. The van der Waals surface area contributed by atoms with Crippen LogP contribution in [-0.4, -0.2) is 56.0 Å². The predicted octanol–water partition coefficient (Wildman–Crippen LogP) is 7.47. The van der Waals surface area contributed by atoms with E-state index in [1.165, 1.54) is 70.6 Å². The zero-order valence-electron chi connectivity index (χ0n) is 29.0. The lowest BCUT2D eigenvalue weighted by atomic mass is 9.77. The second-order valence-electron chi connectivity index (χ2n) is 14.7. The molecule has 2 N–H and O–H groups in total. The molecule has 0 aromatic carbocycles. The van der Waals surface area contributed by atoms with Crippen LogP contribution < -0.4 is 10.6 Å². The summed E-state index contributed by atoms with van der Waals surface area (Å²) in [4.78, 5) is 37.8. The second kappa shape index (κ2) is 20.4. The van der Waals surface area contributed by atoms with Gasteiger partial charge in [-0.2, -0.15) is 0 Å². The molecule has 0 aromatic heterocycles. The molecule has 1 fully saturated rings. The van der Waals surface area contributed by atoms with Crippen molar-refractivity contribution < 1.29 is 28.6 Å². The number of unbranched alkanes of at least 4 members (excludes halogenated alkanes) is 11. The lowest BCUT2D eigenvalue weighted by Gasteiger charge is -2.44. The van der Waals surface area contributed by atoms with Crippen LogP contribution in [0.25, 0.3) is 0 Å². The smallest absolute Gasteiger partial charge is 0.307 e. The van der Waals surface area contributed by atoms with E-state index in [-0.39, 0.29) is 48.7 Å². The second-order valence-corrected chi connectivity index (χ2v) is 14.7. The first-order valence-corrected chi connectivity index (χ1v) is 17.2. The molecule has 1 aliphatic rings. The lowest BCUT2D eigenvalue weighted by Crippen LogP contribution is -2.56. The van der Waals surface area contributed by atoms with E-state index in [1.807, 2.05) is 13.8 Å². The number of carbonyl (C=O) groups excluding carboxylic acids is 3. The Morgan fingerprint density at radius 2 is 1.37 bits per heavy atom. The monoisotopic (exact) mass is 610 g/mol. The minimum Gasteiger partial charge on any atom is -0.466 e. The Kier molecular flexibility index (Phi) is 18.6. The van der Waals surface area contributed by atoms with E-state index in [0.717, 1.165) is 12.8 Å². The van der Waals surface area contributed by atoms with Crippen LogP contribution in [-0.2, 0) is 28.6 Å². The fourth-order valence-electron chi connectivity index (χ4n) is 5.51. The predicted molar refractivity (Wildman–Crippen MR) is 174 cm³/mol. The van der Waals surface area contributed by atoms with Crippen LogP contribution in [0.4, 0.5) is 0 Å². The van der Waals surface area contributed by atoms with Crippen molar-refractivity contribution in [3.63, 3.8) is 0 Å². The Balaban J connectivity index is 2.18. The van der Waals surface area contributed by atoms with E-state index < -0.39 is 17.3 Å². The number of hydrogen-bond donors (Lipinski definition) is 2. The number of rotatable bonds is 22. The molecule has 43 heavy (non-hydrogen) atoms. The fraction of sp³-hybridized carbons (Fsp3) is 0.914. The molecule has 1 aliphatic heterocycles. The number of hydrogen-bond acceptors (Lipinski definition) is 6. The molecule has 1 rings (SSSR count). The van der Waals surface area contributed by atoms with Crippen LogP contribution >= 0.6 is 0 Å². The SMILES string of the molecule is CCCCCCCCCCCCCCC(C(=O)NCCCOC(=O)CCNC(=O)C1OC(C)(C)OCC1(C)C)C(C)(C)C. The molecule has 8 heteroatoms. The quantitative estimate of drug-likeness (QED) is 0.0974. The third-order valence-corrected chi connectivity index (χ3v) is 8.36. The molecule has 2 unspecified atom stereocenters.